The lowest BCUT2D eigenvalue weighted by Crippen LogP contribution is -2.30. The summed E-state index contributed by atoms with van der Waals surface area (Å²) in [5, 5.41) is 0.700. The number of para-hydroxylation sites is 2. The van der Waals surface area contributed by atoms with Crippen LogP contribution in [0.4, 0.5) is 0 Å². The fraction of sp³-hybridized carbons (Fsp3) is 0.120. The Morgan fingerprint density at radius 3 is 2.43 bits per heavy atom. The van der Waals surface area contributed by atoms with E-state index in [2.05, 4.69) is 0 Å². The first-order valence-electron chi connectivity index (χ1n) is 9.77. The van der Waals surface area contributed by atoms with E-state index >= 15 is 0 Å². The lowest BCUT2D eigenvalue weighted by Gasteiger charge is -2.18. The molecule has 0 N–H and O–H groups in total. The molecule has 4 aromatic rings. The molecule has 30 heavy (non-hydrogen) atoms. The molecule has 0 saturated heterocycles. The van der Waals surface area contributed by atoms with Crippen LogP contribution in [0.5, 0.6) is 0 Å². The molecule has 1 amide bonds. The van der Waals surface area contributed by atoms with Gasteiger partial charge in [0.05, 0.1) is 11.0 Å². The molecule has 0 fully saturated rings. The van der Waals surface area contributed by atoms with Gasteiger partial charge in [0.2, 0.25) is 5.91 Å². The highest BCUT2D eigenvalue weighted by atomic mass is 35.5. The zero-order chi connectivity index (χ0) is 20.9. The van der Waals surface area contributed by atoms with E-state index in [1.807, 2.05) is 103 Å². The Kier molecular flexibility index (Phi) is 5.96. The Morgan fingerprint density at radius 2 is 1.67 bits per heavy atom. The van der Waals surface area contributed by atoms with Gasteiger partial charge in [-0.3, -0.25) is 4.79 Å². The number of hydrogen-bond acceptors (Lipinski definition) is 2. The molecule has 0 aliphatic heterocycles. The Hall–Kier alpha value is -3.37. The highest BCUT2D eigenvalue weighted by molar-refractivity contribution is 6.30. The average molecular weight is 416 g/mol. The number of imidazole rings is 1. The second kappa shape index (κ2) is 8.97. The summed E-state index contributed by atoms with van der Waals surface area (Å²) in [6.07, 6.45) is 3.92. The number of carbonyl (C=O) groups is 1. The summed E-state index contributed by atoms with van der Waals surface area (Å²) < 4.78 is 1.96. The zero-order valence-electron chi connectivity index (χ0n) is 16.7. The zero-order valence-corrected chi connectivity index (χ0v) is 17.5. The molecule has 5 heteroatoms. The number of carbonyl (C=O) groups excluding carboxylic acids is 1. The van der Waals surface area contributed by atoms with E-state index in [4.69, 9.17) is 16.6 Å². The van der Waals surface area contributed by atoms with Gasteiger partial charge in [0.1, 0.15) is 12.4 Å². The van der Waals surface area contributed by atoms with Gasteiger partial charge in [-0.2, -0.15) is 0 Å². The SMILES string of the molecule is CN(Cc1ccccc1)C(=O)Cn1c(/C=C/c2ccc(Cl)cc2)nc2ccccc21. The quantitative estimate of drug-likeness (QED) is 0.416. The van der Waals surface area contributed by atoms with Gasteiger partial charge >= 0.3 is 0 Å². The predicted molar refractivity (Wildman–Crippen MR) is 123 cm³/mol. The molecule has 4 nitrogen and oxygen atoms in total. The molecule has 0 bridgehead atoms. The number of halogens is 1. The monoisotopic (exact) mass is 415 g/mol. The van der Waals surface area contributed by atoms with E-state index in [0.29, 0.717) is 11.6 Å². The summed E-state index contributed by atoms with van der Waals surface area (Å²) in [6, 6.07) is 25.5. The Bertz CT molecular complexity index is 1180. The Labute approximate surface area is 181 Å². The average Bonchev–Trinajstić information content (AvgIpc) is 3.11. The summed E-state index contributed by atoms with van der Waals surface area (Å²) in [4.78, 5) is 19.4. The van der Waals surface area contributed by atoms with Crippen molar-refractivity contribution in [3.63, 3.8) is 0 Å². The largest absolute Gasteiger partial charge is 0.340 e. The first-order chi connectivity index (χ1) is 14.6. The predicted octanol–water partition coefficient (Wildman–Crippen LogP) is 5.52. The molecule has 4 rings (SSSR count). The summed E-state index contributed by atoms with van der Waals surface area (Å²) >= 11 is 5.97. The third kappa shape index (κ3) is 4.61. The first kappa shape index (κ1) is 19.9. The molecular weight excluding hydrogens is 394 g/mol. The van der Waals surface area contributed by atoms with Crippen LogP contribution in [0.15, 0.2) is 78.9 Å². The van der Waals surface area contributed by atoms with Crippen LogP contribution < -0.4 is 0 Å². The van der Waals surface area contributed by atoms with Crippen LogP contribution >= 0.6 is 11.6 Å². The third-order valence-electron chi connectivity index (χ3n) is 4.96. The molecule has 150 valence electrons. The van der Waals surface area contributed by atoms with Crippen molar-refractivity contribution in [1.29, 1.82) is 0 Å². The van der Waals surface area contributed by atoms with Crippen LogP contribution in [0.25, 0.3) is 23.2 Å². The van der Waals surface area contributed by atoms with E-state index in [1.54, 1.807) is 4.90 Å². The Morgan fingerprint density at radius 1 is 0.967 bits per heavy atom. The van der Waals surface area contributed by atoms with Gasteiger partial charge in [0, 0.05) is 18.6 Å². The maximum Gasteiger partial charge on any atom is 0.242 e. The maximum atomic E-state index is 13.0. The lowest BCUT2D eigenvalue weighted by atomic mass is 10.2. The third-order valence-corrected chi connectivity index (χ3v) is 5.21. The lowest BCUT2D eigenvalue weighted by molar-refractivity contribution is -0.131. The molecule has 0 unspecified atom stereocenters. The van der Waals surface area contributed by atoms with E-state index in [1.165, 1.54) is 0 Å². The van der Waals surface area contributed by atoms with Gasteiger partial charge in [0.25, 0.3) is 0 Å². The highest BCUT2D eigenvalue weighted by Gasteiger charge is 2.15. The van der Waals surface area contributed by atoms with Crippen LogP contribution in [-0.2, 0) is 17.9 Å². The highest BCUT2D eigenvalue weighted by Crippen LogP contribution is 2.19. The summed E-state index contributed by atoms with van der Waals surface area (Å²) in [7, 11) is 1.83. The molecule has 3 aromatic carbocycles. The van der Waals surface area contributed by atoms with E-state index in [9.17, 15) is 4.79 Å². The molecule has 0 aliphatic carbocycles. The first-order valence-corrected chi connectivity index (χ1v) is 10.1. The second-order valence-corrected chi connectivity index (χ2v) is 7.60. The van der Waals surface area contributed by atoms with Crippen molar-refractivity contribution >= 4 is 40.7 Å². The van der Waals surface area contributed by atoms with Crippen molar-refractivity contribution < 1.29 is 4.79 Å². The smallest absolute Gasteiger partial charge is 0.242 e. The van der Waals surface area contributed by atoms with Gasteiger partial charge in [-0.15, -0.1) is 0 Å². The fourth-order valence-electron chi connectivity index (χ4n) is 3.33. The molecule has 0 aliphatic rings. The van der Waals surface area contributed by atoms with Crippen LogP contribution in [-0.4, -0.2) is 27.4 Å². The second-order valence-electron chi connectivity index (χ2n) is 7.17. The van der Waals surface area contributed by atoms with Gasteiger partial charge < -0.3 is 9.47 Å². The number of hydrogen-bond donors (Lipinski definition) is 0. The van der Waals surface area contributed by atoms with Crippen LogP contribution in [0.1, 0.15) is 17.0 Å². The van der Waals surface area contributed by atoms with Gasteiger partial charge in [-0.1, -0.05) is 72.3 Å². The molecular formula is C25H22ClN3O. The van der Waals surface area contributed by atoms with Crippen LogP contribution in [0, 0.1) is 0 Å². The summed E-state index contributed by atoms with van der Waals surface area (Å²) in [5.41, 5.74) is 3.93. The Balaban J connectivity index is 1.59. The van der Waals surface area contributed by atoms with Crippen molar-refractivity contribution in [3.8, 4) is 0 Å². The van der Waals surface area contributed by atoms with Gasteiger partial charge in [0.15, 0.2) is 0 Å². The van der Waals surface area contributed by atoms with Crippen molar-refractivity contribution in [1.82, 2.24) is 14.5 Å². The van der Waals surface area contributed by atoms with E-state index in [0.717, 1.165) is 28.0 Å². The molecule has 0 spiro atoms. The van der Waals surface area contributed by atoms with Crippen molar-refractivity contribution in [2.45, 2.75) is 13.1 Å². The standard InChI is InChI=1S/C25H22ClN3O/c1-28(17-20-7-3-2-4-8-20)25(30)18-29-23-10-6-5-9-22(23)27-24(29)16-13-19-11-14-21(26)15-12-19/h2-16H,17-18H2,1H3/b16-13+. The van der Waals surface area contributed by atoms with E-state index < -0.39 is 0 Å². The minimum absolute atomic E-state index is 0.0307. The number of amides is 1. The summed E-state index contributed by atoms with van der Waals surface area (Å²) in [6.45, 7) is 0.798. The number of benzene rings is 3. The topological polar surface area (TPSA) is 38.1 Å². The molecule has 0 saturated carbocycles. The number of aromatic nitrogens is 2. The minimum atomic E-state index is 0.0307. The number of rotatable bonds is 6. The van der Waals surface area contributed by atoms with Crippen molar-refractivity contribution in [2.24, 2.45) is 0 Å². The van der Waals surface area contributed by atoms with Crippen molar-refractivity contribution in [3.05, 3.63) is 101 Å². The maximum absolute atomic E-state index is 13.0. The number of fused-ring (bicyclic) bond motifs is 1. The van der Waals surface area contributed by atoms with Crippen LogP contribution in [0.2, 0.25) is 5.02 Å². The minimum Gasteiger partial charge on any atom is -0.340 e. The molecule has 1 aromatic heterocycles. The molecule has 1 heterocycles. The van der Waals surface area contributed by atoms with Crippen LogP contribution in [0.3, 0.4) is 0 Å². The van der Waals surface area contributed by atoms with E-state index in [-0.39, 0.29) is 12.5 Å². The summed E-state index contributed by atoms with van der Waals surface area (Å²) in [5.74, 6) is 0.774. The number of likely N-dealkylation sites (N-methyl/N-ethyl adjacent to an activating group) is 1. The van der Waals surface area contributed by atoms with Gasteiger partial charge in [-0.05, 0) is 41.5 Å². The van der Waals surface area contributed by atoms with Crippen molar-refractivity contribution in [2.75, 3.05) is 7.05 Å². The van der Waals surface area contributed by atoms with Gasteiger partial charge in [-0.25, -0.2) is 4.98 Å². The molecule has 0 atom stereocenters. The number of nitrogens with zero attached hydrogens (tertiary/aromatic N) is 3. The molecule has 0 radical (unpaired) electrons. The fourth-order valence-corrected chi connectivity index (χ4v) is 3.46. The normalized spacial score (nSPS) is 11.3.